The molecule has 0 heterocycles. The first kappa shape index (κ1) is 10.2. The van der Waals surface area contributed by atoms with Crippen LogP contribution in [0, 0.1) is 5.92 Å². The second kappa shape index (κ2) is 5.90. The molecule has 0 aliphatic heterocycles. The fourth-order valence-corrected chi connectivity index (χ4v) is 1.14. The summed E-state index contributed by atoms with van der Waals surface area (Å²) >= 11 is 3.42. The van der Waals surface area contributed by atoms with Crippen LogP contribution >= 0.6 is 15.9 Å². The molecule has 0 spiro atoms. The van der Waals surface area contributed by atoms with E-state index in [9.17, 15) is 0 Å². The van der Waals surface area contributed by atoms with Crippen molar-refractivity contribution in [2.45, 2.75) is 33.6 Å². The summed E-state index contributed by atoms with van der Waals surface area (Å²) in [5.74, 6) is 0.777. The van der Waals surface area contributed by atoms with Crippen LogP contribution in [0.5, 0.6) is 0 Å². The maximum atomic E-state index is 4.23. The first-order chi connectivity index (χ1) is 4.66. The lowest BCUT2D eigenvalue weighted by molar-refractivity contribution is 0.605. The molecule has 0 saturated heterocycles. The molecule has 0 aromatic heterocycles. The Morgan fingerprint density at radius 2 is 2.10 bits per heavy atom. The molecule has 0 saturated carbocycles. The highest BCUT2D eigenvalue weighted by molar-refractivity contribution is 9.18. The Kier molecular flexibility index (Phi) is 5.99. The summed E-state index contributed by atoms with van der Waals surface area (Å²) < 4.78 is 1.11. The first-order valence-corrected chi connectivity index (χ1v) is 4.65. The molecule has 0 atom stereocenters. The van der Waals surface area contributed by atoms with Crippen LogP contribution in [-0.2, 0) is 0 Å². The molecule has 10 heavy (non-hydrogen) atoms. The number of rotatable bonds is 4. The van der Waals surface area contributed by atoms with Gasteiger partial charge in [0.15, 0.2) is 0 Å². The third-order valence-corrected chi connectivity index (χ3v) is 1.90. The largest absolute Gasteiger partial charge is 0.283 e. The minimum absolute atomic E-state index is 0.777. The number of hydrogen-bond acceptors (Lipinski definition) is 1. The second-order valence-electron chi connectivity index (χ2n) is 2.78. The van der Waals surface area contributed by atoms with Crippen molar-refractivity contribution in [3.05, 3.63) is 0 Å². The standard InChI is InChI=1S/C8H16BrN/c1-4-10-8(9)6-5-7(2)3/h7H,4-6H2,1-3H3/b10-8+. The van der Waals surface area contributed by atoms with Crippen molar-refractivity contribution in [3.63, 3.8) is 0 Å². The summed E-state index contributed by atoms with van der Waals surface area (Å²) in [6, 6.07) is 0. The van der Waals surface area contributed by atoms with Gasteiger partial charge in [-0.05, 0) is 41.6 Å². The average Bonchev–Trinajstić information content (AvgIpc) is 1.85. The molecule has 0 rings (SSSR count). The van der Waals surface area contributed by atoms with E-state index in [1.54, 1.807) is 0 Å². The molecule has 0 bridgehead atoms. The highest BCUT2D eigenvalue weighted by Crippen LogP contribution is 2.07. The first-order valence-electron chi connectivity index (χ1n) is 3.85. The van der Waals surface area contributed by atoms with Crippen LogP contribution < -0.4 is 0 Å². The molecule has 1 nitrogen and oxygen atoms in total. The van der Waals surface area contributed by atoms with Crippen LogP contribution in [0.1, 0.15) is 33.6 Å². The Morgan fingerprint density at radius 3 is 2.50 bits per heavy atom. The lowest BCUT2D eigenvalue weighted by Crippen LogP contribution is -1.93. The highest BCUT2D eigenvalue weighted by atomic mass is 79.9. The van der Waals surface area contributed by atoms with Gasteiger partial charge < -0.3 is 0 Å². The maximum absolute atomic E-state index is 4.23. The third-order valence-electron chi connectivity index (χ3n) is 1.26. The zero-order valence-electron chi connectivity index (χ0n) is 7.02. The van der Waals surface area contributed by atoms with E-state index in [1.807, 2.05) is 0 Å². The molecule has 2 heteroatoms. The van der Waals surface area contributed by atoms with E-state index >= 15 is 0 Å². The SMILES string of the molecule is CC/N=C(/Br)CCC(C)C. The Bertz CT molecular complexity index is 108. The fraction of sp³-hybridized carbons (Fsp3) is 0.875. The van der Waals surface area contributed by atoms with Crippen molar-refractivity contribution in [1.82, 2.24) is 0 Å². The van der Waals surface area contributed by atoms with Gasteiger partial charge in [-0.3, -0.25) is 4.99 Å². The van der Waals surface area contributed by atoms with Crippen LogP contribution in [0.25, 0.3) is 0 Å². The van der Waals surface area contributed by atoms with Gasteiger partial charge in [0.1, 0.15) is 0 Å². The van der Waals surface area contributed by atoms with Crippen molar-refractivity contribution in [1.29, 1.82) is 0 Å². The molecule has 0 radical (unpaired) electrons. The van der Waals surface area contributed by atoms with Crippen LogP contribution in [0.2, 0.25) is 0 Å². The number of hydrogen-bond donors (Lipinski definition) is 0. The third kappa shape index (κ3) is 6.27. The van der Waals surface area contributed by atoms with Gasteiger partial charge in [0.05, 0.1) is 4.62 Å². The van der Waals surface area contributed by atoms with Crippen molar-refractivity contribution in [2.24, 2.45) is 10.9 Å². The van der Waals surface area contributed by atoms with Gasteiger partial charge in [-0.2, -0.15) is 0 Å². The zero-order chi connectivity index (χ0) is 7.98. The summed E-state index contributed by atoms with van der Waals surface area (Å²) in [7, 11) is 0. The van der Waals surface area contributed by atoms with E-state index in [4.69, 9.17) is 0 Å². The van der Waals surface area contributed by atoms with Crippen LogP contribution in [0.15, 0.2) is 4.99 Å². The monoisotopic (exact) mass is 205 g/mol. The van der Waals surface area contributed by atoms with E-state index in [0.29, 0.717) is 0 Å². The smallest absolute Gasteiger partial charge is 0.0774 e. The summed E-state index contributed by atoms with van der Waals surface area (Å²) in [4.78, 5) is 4.23. The summed E-state index contributed by atoms with van der Waals surface area (Å²) in [6.45, 7) is 7.40. The molecule has 0 amide bonds. The molecule has 60 valence electrons. The predicted octanol–water partition coefficient (Wildman–Crippen LogP) is 3.24. The van der Waals surface area contributed by atoms with Gasteiger partial charge in [-0.25, -0.2) is 0 Å². The highest BCUT2D eigenvalue weighted by Gasteiger charge is 1.96. The van der Waals surface area contributed by atoms with Gasteiger partial charge in [0.25, 0.3) is 0 Å². The topological polar surface area (TPSA) is 12.4 Å². The zero-order valence-corrected chi connectivity index (χ0v) is 8.61. The van der Waals surface area contributed by atoms with Gasteiger partial charge in [0, 0.05) is 6.54 Å². The number of nitrogens with zero attached hydrogens (tertiary/aromatic N) is 1. The van der Waals surface area contributed by atoms with Crippen LogP contribution in [0.4, 0.5) is 0 Å². The van der Waals surface area contributed by atoms with Crippen molar-refractivity contribution >= 4 is 20.6 Å². The Morgan fingerprint density at radius 1 is 1.50 bits per heavy atom. The van der Waals surface area contributed by atoms with Crippen molar-refractivity contribution in [2.75, 3.05) is 6.54 Å². The lowest BCUT2D eigenvalue weighted by atomic mass is 10.1. The Balaban J connectivity index is 3.39. The molecule has 0 aromatic rings. The van der Waals surface area contributed by atoms with E-state index in [2.05, 4.69) is 41.7 Å². The molecular formula is C8H16BrN. The fourth-order valence-electron chi connectivity index (χ4n) is 0.658. The lowest BCUT2D eigenvalue weighted by Gasteiger charge is -2.01. The van der Waals surface area contributed by atoms with E-state index in [1.165, 1.54) is 6.42 Å². The Labute approximate surface area is 72.1 Å². The minimum atomic E-state index is 0.777. The summed E-state index contributed by atoms with van der Waals surface area (Å²) in [5, 5.41) is 0. The van der Waals surface area contributed by atoms with Gasteiger partial charge in [-0.1, -0.05) is 13.8 Å². The van der Waals surface area contributed by atoms with E-state index in [0.717, 1.165) is 23.5 Å². The summed E-state index contributed by atoms with van der Waals surface area (Å²) in [6.07, 6.45) is 2.32. The minimum Gasteiger partial charge on any atom is -0.283 e. The quantitative estimate of drug-likeness (QED) is 0.626. The molecule has 0 unspecified atom stereocenters. The normalized spacial score (nSPS) is 12.7. The Hall–Kier alpha value is 0.150. The van der Waals surface area contributed by atoms with Crippen molar-refractivity contribution < 1.29 is 0 Å². The number of aliphatic imine (C=N–C) groups is 1. The molecule has 0 aliphatic carbocycles. The predicted molar refractivity (Wildman–Crippen MR) is 51.0 cm³/mol. The van der Waals surface area contributed by atoms with Gasteiger partial charge in [-0.15, -0.1) is 0 Å². The molecule has 0 aliphatic rings. The van der Waals surface area contributed by atoms with Gasteiger partial charge >= 0.3 is 0 Å². The van der Waals surface area contributed by atoms with Crippen LogP contribution in [0.3, 0.4) is 0 Å². The van der Waals surface area contributed by atoms with Gasteiger partial charge in [0.2, 0.25) is 0 Å². The molecule has 0 aromatic carbocycles. The second-order valence-corrected chi connectivity index (χ2v) is 3.70. The number of halogens is 1. The molecular weight excluding hydrogens is 190 g/mol. The maximum Gasteiger partial charge on any atom is 0.0774 e. The average molecular weight is 206 g/mol. The van der Waals surface area contributed by atoms with Crippen molar-refractivity contribution in [3.8, 4) is 0 Å². The van der Waals surface area contributed by atoms with Crippen LogP contribution in [-0.4, -0.2) is 11.2 Å². The molecule has 0 N–H and O–H groups in total. The molecule has 0 fully saturated rings. The van der Waals surface area contributed by atoms with E-state index < -0.39 is 0 Å². The summed E-state index contributed by atoms with van der Waals surface area (Å²) in [5.41, 5.74) is 0. The van der Waals surface area contributed by atoms with E-state index in [-0.39, 0.29) is 0 Å².